The number of piperazine rings is 1. The van der Waals surface area contributed by atoms with E-state index in [-0.39, 0.29) is 25.0 Å². The summed E-state index contributed by atoms with van der Waals surface area (Å²) in [6.07, 6.45) is 1.08. The second kappa shape index (κ2) is 7.23. The SMILES string of the molecule is C[C@@H]1CN(c2ncc(Br)cc2F)[C@@H](CO)CN1C(=O)OC(C)(C)C. The fraction of sp³-hybridized carbons (Fsp3) is 0.625. The predicted octanol–water partition coefficient (Wildman–Crippen LogP) is 2.79. The maximum absolute atomic E-state index is 14.2. The molecule has 0 aliphatic carbocycles. The summed E-state index contributed by atoms with van der Waals surface area (Å²) in [7, 11) is 0. The lowest BCUT2D eigenvalue weighted by Crippen LogP contribution is -2.61. The van der Waals surface area contributed by atoms with Gasteiger partial charge in [-0.05, 0) is 49.7 Å². The van der Waals surface area contributed by atoms with Gasteiger partial charge in [0.05, 0.1) is 12.6 Å². The van der Waals surface area contributed by atoms with Crippen molar-refractivity contribution in [1.29, 1.82) is 0 Å². The predicted molar refractivity (Wildman–Crippen MR) is 92.5 cm³/mol. The van der Waals surface area contributed by atoms with E-state index in [0.29, 0.717) is 11.0 Å². The first kappa shape index (κ1) is 18.9. The molecule has 0 unspecified atom stereocenters. The highest BCUT2D eigenvalue weighted by Gasteiger charge is 2.37. The number of halogens is 2. The monoisotopic (exact) mass is 403 g/mol. The third kappa shape index (κ3) is 4.36. The molecule has 1 aromatic rings. The van der Waals surface area contributed by atoms with Crippen LogP contribution >= 0.6 is 15.9 Å². The van der Waals surface area contributed by atoms with Crippen molar-refractivity contribution in [1.82, 2.24) is 9.88 Å². The number of anilines is 1. The molecule has 0 aromatic carbocycles. The molecular weight excluding hydrogens is 381 g/mol. The zero-order chi connectivity index (χ0) is 18.1. The van der Waals surface area contributed by atoms with E-state index in [2.05, 4.69) is 20.9 Å². The number of aliphatic hydroxyl groups is 1. The minimum absolute atomic E-state index is 0.174. The average molecular weight is 404 g/mol. The summed E-state index contributed by atoms with van der Waals surface area (Å²) < 4.78 is 20.2. The number of aliphatic hydroxyl groups excluding tert-OH is 1. The Kier molecular flexibility index (Phi) is 5.70. The molecule has 0 spiro atoms. The molecule has 1 saturated heterocycles. The van der Waals surface area contributed by atoms with Crippen LogP contribution in [-0.4, -0.2) is 58.5 Å². The summed E-state index contributed by atoms with van der Waals surface area (Å²) in [6.45, 7) is 7.65. The van der Waals surface area contributed by atoms with E-state index in [1.165, 1.54) is 12.3 Å². The highest BCUT2D eigenvalue weighted by molar-refractivity contribution is 9.10. The second-order valence-corrected chi connectivity index (χ2v) is 7.85. The van der Waals surface area contributed by atoms with Gasteiger partial charge in [-0.25, -0.2) is 14.2 Å². The lowest BCUT2D eigenvalue weighted by atomic mass is 10.1. The molecule has 1 aliphatic heterocycles. The first-order chi connectivity index (χ1) is 11.1. The fourth-order valence-electron chi connectivity index (χ4n) is 2.65. The number of carbonyl (C=O) groups excluding carboxylic acids is 1. The maximum atomic E-state index is 14.2. The minimum Gasteiger partial charge on any atom is -0.444 e. The van der Waals surface area contributed by atoms with Crippen LogP contribution in [-0.2, 0) is 4.74 Å². The maximum Gasteiger partial charge on any atom is 0.410 e. The number of hydrogen-bond donors (Lipinski definition) is 1. The van der Waals surface area contributed by atoms with Crippen LogP contribution in [0.15, 0.2) is 16.7 Å². The summed E-state index contributed by atoms with van der Waals surface area (Å²) >= 11 is 3.18. The van der Waals surface area contributed by atoms with E-state index >= 15 is 0 Å². The second-order valence-electron chi connectivity index (χ2n) is 6.93. The number of nitrogens with zero attached hydrogens (tertiary/aromatic N) is 3. The van der Waals surface area contributed by atoms with Crippen LogP contribution in [0.3, 0.4) is 0 Å². The largest absolute Gasteiger partial charge is 0.444 e. The third-order valence-corrected chi connectivity index (χ3v) is 4.17. The fourth-order valence-corrected chi connectivity index (χ4v) is 2.95. The van der Waals surface area contributed by atoms with Gasteiger partial charge in [-0.2, -0.15) is 0 Å². The standard InChI is InChI=1S/C16H23BrFN3O3/c1-10-7-21(14-13(18)5-11(17)6-19-14)12(9-22)8-20(10)15(23)24-16(2,3)4/h5-6,10,12,22H,7-9H2,1-4H3/t10-,12-/m1/s1. The lowest BCUT2D eigenvalue weighted by Gasteiger charge is -2.45. The quantitative estimate of drug-likeness (QED) is 0.822. The highest BCUT2D eigenvalue weighted by Crippen LogP contribution is 2.26. The number of amides is 1. The van der Waals surface area contributed by atoms with Gasteiger partial charge in [0.25, 0.3) is 0 Å². The van der Waals surface area contributed by atoms with Crippen LogP contribution in [0.4, 0.5) is 15.0 Å². The van der Waals surface area contributed by atoms with Crippen molar-refractivity contribution >= 4 is 27.8 Å². The molecule has 2 atom stereocenters. The molecule has 1 aliphatic rings. The van der Waals surface area contributed by atoms with Gasteiger partial charge in [-0.1, -0.05) is 0 Å². The average Bonchev–Trinajstić information content (AvgIpc) is 2.45. The molecule has 1 N–H and O–H groups in total. The van der Waals surface area contributed by atoms with Gasteiger partial charge in [-0.3, -0.25) is 0 Å². The summed E-state index contributed by atoms with van der Waals surface area (Å²) in [6, 6.07) is 0.686. The molecule has 1 aromatic heterocycles. The Morgan fingerprint density at radius 3 is 2.71 bits per heavy atom. The van der Waals surface area contributed by atoms with Gasteiger partial charge in [0.15, 0.2) is 11.6 Å². The van der Waals surface area contributed by atoms with E-state index in [9.17, 15) is 14.3 Å². The van der Waals surface area contributed by atoms with Crippen molar-refractivity contribution in [2.75, 3.05) is 24.6 Å². The van der Waals surface area contributed by atoms with E-state index in [1.54, 1.807) is 30.6 Å². The topological polar surface area (TPSA) is 65.9 Å². The Hall–Kier alpha value is -1.41. The minimum atomic E-state index is -0.595. The Labute approximate surface area is 149 Å². The van der Waals surface area contributed by atoms with Crippen LogP contribution in [0.25, 0.3) is 0 Å². The van der Waals surface area contributed by atoms with Gasteiger partial charge in [0.1, 0.15) is 5.60 Å². The normalized spacial score (nSPS) is 21.8. The number of pyridine rings is 1. The van der Waals surface area contributed by atoms with E-state index in [1.807, 2.05) is 6.92 Å². The molecule has 0 saturated carbocycles. The van der Waals surface area contributed by atoms with E-state index < -0.39 is 23.6 Å². The van der Waals surface area contributed by atoms with Gasteiger partial charge < -0.3 is 19.6 Å². The van der Waals surface area contributed by atoms with E-state index in [4.69, 9.17) is 4.74 Å². The van der Waals surface area contributed by atoms with Crippen molar-refractivity contribution in [3.8, 4) is 0 Å². The number of ether oxygens (including phenoxy) is 1. The van der Waals surface area contributed by atoms with Crippen molar-refractivity contribution in [3.05, 3.63) is 22.6 Å². The van der Waals surface area contributed by atoms with Crippen LogP contribution in [0.5, 0.6) is 0 Å². The molecular formula is C16H23BrFN3O3. The number of rotatable bonds is 2. The summed E-state index contributed by atoms with van der Waals surface area (Å²) in [5, 5.41) is 9.71. The molecule has 2 rings (SSSR count). The van der Waals surface area contributed by atoms with Gasteiger partial charge >= 0.3 is 6.09 Å². The first-order valence-corrected chi connectivity index (χ1v) is 8.60. The molecule has 0 bridgehead atoms. The first-order valence-electron chi connectivity index (χ1n) is 7.80. The van der Waals surface area contributed by atoms with E-state index in [0.717, 1.165) is 0 Å². The molecule has 134 valence electrons. The molecule has 8 heteroatoms. The molecule has 1 amide bonds. The zero-order valence-electron chi connectivity index (χ0n) is 14.3. The molecule has 2 heterocycles. The Bertz CT molecular complexity index is 609. The third-order valence-electron chi connectivity index (χ3n) is 3.74. The van der Waals surface area contributed by atoms with Crippen molar-refractivity contribution < 1.29 is 19.0 Å². The van der Waals surface area contributed by atoms with Crippen molar-refractivity contribution in [2.45, 2.75) is 45.4 Å². The van der Waals surface area contributed by atoms with Crippen LogP contribution in [0, 0.1) is 5.82 Å². The van der Waals surface area contributed by atoms with Gasteiger partial charge in [0, 0.05) is 29.8 Å². The zero-order valence-corrected chi connectivity index (χ0v) is 15.9. The molecule has 24 heavy (non-hydrogen) atoms. The molecule has 6 nitrogen and oxygen atoms in total. The van der Waals surface area contributed by atoms with Crippen molar-refractivity contribution in [3.63, 3.8) is 0 Å². The summed E-state index contributed by atoms with van der Waals surface area (Å²) in [4.78, 5) is 19.7. The Balaban J connectivity index is 2.20. The summed E-state index contributed by atoms with van der Waals surface area (Å²) in [5.41, 5.74) is -0.595. The number of aromatic nitrogens is 1. The van der Waals surface area contributed by atoms with Gasteiger partial charge in [0.2, 0.25) is 0 Å². The number of hydrogen-bond acceptors (Lipinski definition) is 5. The Morgan fingerprint density at radius 2 is 2.17 bits per heavy atom. The number of carbonyl (C=O) groups is 1. The van der Waals surface area contributed by atoms with Gasteiger partial charge in [-0.15, -0.1) is 0 Å². The van der Waals surface area contributed by atoms with Crippen LogP contribution in [0.1, 0.15) is 27.7 Å². The summed E-state index contributed by atoms with van der Waals surface area (Å²) in [5.74, 6) is -0.298. The lowest BCUT2D eigenvalue weighted by molar-refractivity contribution is 0.0102. The van der Waals surface area contributed by atoms with Crippen LogP contribution < -0.4 is 4.90 Å². The molecule has 1 fully saturated rings. The Morgan fingerprint density at radius 1 is 1.50 bits per heavy atom. The smallest absolute Gasteiger partial charge is 0.410 e. The van der Waals surface area contributed by atoms with Crippen LogP contribution in [0.2, 0.25) is 0 Å². The highest BCUT2D eigenvalue weighted by atomic mass is 79.9. The molecule has 0 radical (unpaired) electrons. The van der Waals surface area contributed by atoms with Crippen molar-refractivity contribution in [2.24, 2.45) is 0 Å².